The number of carbonyl (C=O) groups is 2. The largest absolute Gasteiger partial charge is 0.470 e. The molecule has 25 heavy (non-hydrogen) atoms. The molecular formula is C19H19FN2O3. The van der Waals surface area contributed by atoms with E-state index in [-0.39, 0.29) is 23.7 Å². The molecule has 1 aromatic carbocycles. The van der Waals surface area contributed by atoms with E-state index in [1.54, 1.807) is 29.2 Å². The number of aromatic nitrogens is 1. The van der Waals surface area contributed by atoms with Crippen LogP contribution in [0.15, 0.2) is 42.6 Å². The first-order valence-corrected chi connectivity index (χ1v) is 8.22. The maximum Gasteiger partial charge on any atom is 0.254 e. The quantitative estimate of drug-likeness (QED) is 0.801. The number of Topliss-reactive ketones (excluding diaryl/α,β-unsaturated/α-hetero) is 1. The number of carbonyl (C=O) groups excluding carboxylic acids is 2. The molecule has 1 aromatic heterocycles. The van der Waals surface area contributed by atoms with Gasteiger partial charge in [0.25, 0.3) is 11.8 Å². The fourth-order valence-electron chi connectivity index (χ4n) is 2.98. The first kappa shape index (κ1) is 17.1. The Morgan fingerprint density at radius 3 is 2.68 bits per heavy atom. The minimum Gasteiger partial charge on any atom is -0.470 e. The van der Waals surface area contributed by atoms with Crippen LogP contribution in [-0.2, 0) is 0 Å². The molecule has 1 aliphatic rings. The Bertz CT molecular complexity index is 794. The van der Waals surface area contributed by atoms with Crippen molar-refractivity contribution in [3.8, 4) is 5.88 Å². The molecule has 130 valence electrons. The van der Waals surface area contributed by atoms with Crippen LogP contribution in [-0.4, -0.2) is 40.8 Å². The molecule has 0 aliphatic carbocycles. The highest BCUT2D eigenvalue weighted by atomic mass is 19.1. The lowest BCUT2D eigenvalue weighted by atomic mass is 10.0. The highest BCUT2D eigenvalue weighted by Gasteiger charge is 2.28. The fraction of sp³-hybridized carbons (Fsp3) is 0.316. The average molecular weight is 342 g/mol. The van der Waals surface area contributed by atoms with Crippen LogP contribution in [0.25, 0.3) is 0 Å². The van der Waals surface area contributed by atoms with E-state index in [0.29, 0.717) is 30.6 Å². The first-order chi connectivity index (χ1) is 12.1. The second-order valence-electron chi connectivity index (χ2n) is 6.03. The summed E-state index contributed by atoms with van der Waals surface area (Å²) < 4.78 is 19.3. The summed E-state index contributed by atoms with van der Waals surface area (Å²) in [5.41, 5.74) is 0.797. The number of likely N-dealkylation sites (tertiary alicyclic amines) is 1. The van der Waals surface area contributed by atoms with Gasteiger partial charge >= 0.3 is 0 Å². The summed E-state index contributed by atoms with van der Waals surface area (Å²) in [5, 5.41) is 0. The number of ether oxygens (including phenoxy) is 1. The van der Waals surface area contributed by atoms with Gasteiger partial charge in [-0.15, -0.1) is 0 Å². The zero-order chi connectivity index (χ0) is 17.8. The van der Waals surface area contributed by atoms with Crippen molar-refractivity contribution in [2.75, 3.05) is 13.1 Å². The zero-order valence-electron chi connectivity index (χ0n) is 13.9. The molecule has 2 aromatic rings. The number of pyridine rings is 1. The van der Waals surface area contributed by atoms with Gasteiger partial charge in [0, 0.05) is 18.3 Å². The minimum absolute atomic E-state index is 0.0501. The number of amides is 1. The molecule has 0 spiro atoms. The first-order valence-electron chi connectivity index (χ1n) is 8.22. The number of benzene rings is 1. The van der Waals surface area contributed by atoms with E-state index >= 15 is 0 Å². The molecule has 3 rings (SSSR count). The number of piperidine rings is 1. The monoisotopic (exact) mass is 342 g/mol. The van der Waals surface area contributed by atoms with Crippen molar-refractivity contribution in [2.24, 2.45) is 0 Å². The van der Waals surface area contributed by atoms with Crippen molar-refractivity contribution in [2.45, 2.75) is 25.9 Å². The van der Waals surface area contributed by atoms with Crippen molar-refractivity contribution >= 4 is 11.7 Å². The Morgan fingerprint density at radius 1 is 1.20 bits per heavy atom. The third-order valence-corrected chi connectivity index (χ3v) is 4.21. The van der Waals surface area contributed by atoms with Gasteiger partial charge in [-0.2, -0.15) is 0 Å². The normalized spacial score (nSPS) is 17.2. The SMILES string of the molecule is CC(=O)c1ccccc1C(=O)N1CCC[C@H](Oc2ncccc2F)C1. The summed E-state index contributed by atoms with van der Waals surface area (Å²) in [4.78, 5) is 30.1. The number of ketones is 1. The van der Waals surface area contributed by atoms with E-state index in [1.165, 1.54) is 25.3 Å². The van der Waals surface area contributed by atoms with Crippen molar-refractivity contribution < 1.29 is 18.7 Å². The van der Waals surface area contributed by atoms with Gasteiger partial charge in [-0.3, -0.25) is 9.59 Å². The molecule has 0 bridgehead atoms. The van der Waals surface area contributed by atoms with Gasteiger partial charge in [0.1, 0.15) is 6.10 Å². The van der Waals surface area contributed by atoms with Crippen LogP contribution in [0.4, 0.5) is 4.39 Å². The fourth-order valence-corrected chi connectivity index (χ4v) is 2.98. The lowest BCUT2D eigenvalue weighted by Gasteiger charge is -2.33. The molecule has 5 nitrogen and oxygen atoms in total. The van der Waals surface area contributed by atoms with Crippen molar-refractivity contribution in [1.82, 2.24) is 9.88 Å². The van der Waals surface area contributed by atoms with Crippen LogP contribution in [0, 0.1) is 5.82 Å². The molecule has 6 heteroatoms. The molecule has 0 radical (unpaired) electrons. The van der Waals surface area contributed by atoms with E-state index in [2.05, 4.69) is 4.98 Å². The predicted molar refractivity (Wildman–Crippen MR) is 90.2 cm³/mol. The van der Waals surface area contributed by atoms with Gasteiger partial charge in [-0.05, 0) is 38.0 Å². The second-order valence-corrected chi connectivity index (χ2v) is 6.03. The lowest BCUT2D eigenvalue weighted by Crippen LogP contribution is -2.44. The molecular weight excluding hydrogens is 323 g/mol. The zero-order valence-corrected chi connectivity index (χ0v) is 13.9. The summed E-state index contributed by atoms with van der Waals surface area (Å²) in [6.07, 6.45) is 2.60. The molecule has 0 N–H and O–H groups in total. The topological polar surface area (TPSA) is 59.5 Å². The smallest absolute Gasteiger partial charge is 0.254 e. The van der Waals surface area contributed by atoms with E-state index < -0.39 is 5.82 Å². The summed E-state index contributed by atoms with van der Waals surface area (Å²) >= 11 is 0. The number of nitrogens with zero attached hydrogens (tertiary/aromatic N) is 2. The van der Waals surface area contributed by atoms with E-state index in [0.717, 1.165) is 6.42 Å². The summed E-state index contributed by atoms with van der Waals surface area (Å²) in [6, 6.07) is 9.56. The Hall–Kier alpha value is -2.76. The molecule has 1 aliphatic heterocycles. The van der Waals surface area contributed by atoms with Crippen LogP contribution >= 0.6 is 0 Å². The molecule has 1 fully saturated rings. The standard InChI is InChI=1S/C19H19FN2O3/c1-13(23)15-7-2-3-8-16(15)19(24)22-11-5-6-14(12-22)25-18-17(20)9-4-10-21-18/h2-4,7-10,14H,5-6,11-12H2,1H3/t14-/m0/s1. The number of hydrogen-bond acceptors (Lipinski definition) is 4. The maximum absolute atomic E-state index is 13.7. The Labute approximate surface area is 145 Å². The number of hydrogen-bond donors (Lipinski definition) is 0. The third kappa shape index (κ3) is 3.84. The second kappa shape index (κ2) is 7.42. The minimum atomic E-state index is -0.520. The summed E-state index contributed by atoms with van der Waals surface area (Å²) in [5.74, 6) is -0.927. The Balaban J connectivity index is 1.74. The number of rotatable bonds is 4. The molecule has 0 unspecified atom stereocenters. The van der Waals surface area contributed by atoms with Crippen LogP contribution in [0.2, 0.25) is 0 Å². The van der Waals surface area contributed by atoms with Crippen molar-refractivity contribution in [1.29, 1.82) is 0 Å². The van der Waals surface area contributed by atoms with Gasteiger partial charge in [-0.1, -0.05) is 18.2 Å². The molecule has 1 amide bonds. The van der Waals surface area contributed by atoms with E-state index in [4.69, 9.17) is 4.74 Å². The Kier molecular flexibility index (Phi) is 5.07. The van der Waals surface area contributed by atoms with Crippen molar-refractivity contribution in [3.05, 3.63) is 59.5 Å². The maximum atomic E-state index is 13.7. The van der Waals surface area contributed by atoms with Crippen LogP contribution in [0.3, 0.4) is 0 Å². The van der Waals surface area contributed by atoms with Gasteiger partial charge in [0.15, 0.2) is 11.6 Å². The molecule has 1 atom stereocenters. The summed E-state index contributed by atoms with van der Waals surface area (Å²) in [7, 11) is 0. The Morgan fingerprint density at radius 2 is 1.96 bits per heavy atom. The van der Waals surface area contributed by atoms with Gasteiger partial charge < -0.3 is 9.64 Å². The lowest BCUT2D eigenvalue weighted by molar-refractivity contribution is 0.0516. The highest BCUT2D eigenvalue weighted by molar-refractivity contribution is 6.07. The average Bonchev–Trinajstić information content (AvgIpc) is 2.63. The molecule has 0 saturated carbocycles. The third-order valence-electron chi connectivity index (χ3n) is 4.21. The predicted octanol–water partition coefficient (Wildman–Crippen LogP) is 3.11. The van der Waals surface area contributed by atoms with E-state index in [9.17, 15) is 14.0 Å². The van der Waals surface area contributed by atoms with Crippen LogP contribution in [0.1, 0.15) is 40.5 Å². The van der Waals surface area contributed by atoms with Gasteiger partial charge in [0.05, 0.1) is 12.1 Å². The van der Waals surface area contributed by atoms with Crippen LogP contribution in [0.5, 0.6) is 5.88 Å². The summed E-state index contributed by atoms with van der Waals surface area (Å²) in [6.45, 7) is 2.36. The van der Waals surface area contributed by atoms with E-state index in [1.807, 2.05) is 0 Å². The van der Waals surface area contributed by atoms with Crippen LogP contribution < -0.4 is 4.74 Å². The number of halogens is 1. The molecule has 2 heterocycles. The van der Waals surface area contributed by atoms with Crippen molar-refractivity contribution in [3.63, 3.8) is 0 Å². The molecule has 1 saturated heterocycles. The van der Waals surface area contributed by atoms with Gasteiger partial charge in [0.2, 0.25) is 0 Å². The van der Waals surface area contributed by atoms with Gasteiger partial charge in [-0.25, -0.2) is 9.37 Å². The highest BCUT2D eigenvalue weighted by Crippen LogP contribution is 2.21.